The topological polar surface area (TPSA) is 105 Å². The number of rotatable bonds is 8. The number of ether oxygens (including phenoxy) is 4. The van der Waals surface area contributed by atoms with E-state index in [-0.39, 0.29) is 13.2 Å². The second kappa shape index (κ2) is 9.05. The third-order valence-corrected chi connectivity index (χ3v) is 2.60. The summed E-state index contributed by atoms with van der Waals surface area (Å²) in [5.74, 6) is -3.28. The summed E-state index contributed by atoms with van der Waals surface area (Å²) in [6.45, 7) is 8.97. The first-order chi connectivity index (χ1) is 11.0. The Bertz CT molecular complexity index is 470. The van der Waals surface area contributed by atoms with E-state index in [0.717, 1.165) is 12.2 Å². The number of carbonyl (C=O) groups excluding carboxylic acids is 4. The van der Waals surface area contributed by atoms with Crippen molar-refractivity contribution in [2.75, 3.05) is 13.2 Å². The van der Waals surface area contributed by atoms with Gasteiger partial charge in [0.2, 0.25) is 11.2 Å². The Morgan fingerprint density at radius 3 is 1.25 bits per heavy atom. The number of carbonyl (C=O) groups is 4. The molecule has 0 saturated heterocycles. The lowest BCUT2D eigenvalue weighted by molar-refractivity contribution is -0.176. The van der Waals surface area contributed by atoms with Crippen molar-refractivity contribution in [3.63, 3.8) is 0 Å². The number of esters is 4. The van der Waals surface area contributed by atoms with Crippen LogP contribution in [0.25, 0.3) is 0 Å². The average Bonchev–Trinajstić information content (AvgIpc) is 2.44. The molecule has 0 amide bonds. The monoisotopic (exact) mass is 344 g/mol. The summed E-state index contributed by atoms with van der Waals surface area (Å²) in [4.78, 5) is 46.5. The van der Waals surface area contributed by atoms with Gasteiger partial charge in [0.15, 0.2) is 0 Å². The van der Waals surface area contributed by atoms with Crippen LogP contribution < -0.4 is 0 Å². The highest BCUT2D eigenvalue weighted by molar-refractivity contribution is 5.94. The zero-order chi connectivity index (χ0) is 19.0. The van der Waals surface area contributed by atoms with Gasteiger partial charge in [0, 0.05) is 12.2 Å². The molecule has 0 aliphatic heterocycles. The largest absolute Gasteiger partial charge is 0.463 e. The van der Waals surface area contributed by atoms with Crippen molar-refractivity contribution in [3.05, 3.63) is 12.2 Å². The minimum Gasteiger partial charge on any atom is -0.463 e. The van der Waals surface area contributed by atoms with E-state index in [1.165, 1.54) is 27.7 Å². The second-order valence-electron chi connectivity index (χ2n) is 5.64. The minimum absolute atomic E-state index is 0.144. The summed E-state index contributed by atoms with van der Waals surface area (Å²) in [7, 11) is 0. The van der Waals surface area contributed by atoms with Gasteiger partial charge in [-0.05, 0) is 41.5 Å². The molecule has 8 heteroatoms. The molecule has 0 aromatic carbocycles. The van der Waals surface area contributed by atoms with Gasteiger partial charge in [-0.25, -0.2) is 19.2 Å². The molecule has 0 unspecified atom stereocenters. The van der Waals surface area contributed by atoms with E-state index in [1.54, 1.807) is 13.8 Å². The molecule has 0 saturated carbocycles. The third-order valence-electron chi connectivity index (χ3n) is 2.60. The summed E-state index contributed by atoms with van der Waals surface area (Å²) in [6.07, 6.45) is 1.59. The van der Waals surface area contributed by atoms with E-state index >= 15 is 0 Å². The Morgan fingerprint density at radius 2 is 1.00 bits per heavy atom. The standard InChI is InChI=1S/C16H24O8/c1-7-21-13(19)15(3,4)23-11(17)9-10-12(18)24-16(5,6)14(20)22-8-2/h9-10H,7-8H2,1-6H3/b10-9+. The van der Waals surface area contributed by atoms with Crippen molar-refractivity contribution in [2.45, 2.75) is 52.7 Å². The summed E-state index contributed by atoms with van der Waals surface area (Å²) in [5, 5.41) is 0. The fourth-order valence-electron chi connectivity index (χ4n) is 1.40. The zero-order valence-electron chi connectivity index (χ0n) is 14.8. The van der Waals surface area contributed by atoms with Crippen LogP contribution in [0.4, 0.5) is 0 Å². The van der Waals surface area contributed by atoms with Crippen LogP contribution in [0.5, 0.6) is 0 Å². The fourth-order valence-corrected chi connectivity index (χ4v) is 1.40. The van der Waals surface area contributed by atoms with E-state index < -0.39 is 35.1 Å². The van der Waals surface area contributed by atoms with Gasteiger partial charge in [-0.2, -0.15) is 0 Å². The van der Waals surface area contributed by atoms with E-state index in [9.17, 15) is 19.2 Å². The summed E-state index contributed by atoms with van der Waals surface area (Å²) in [6, 6.07) is 0. The lowest BCUT2D eigenvalue weighted by atomic mass is 10.1. The van der Waals surface area contributed by atoms with Gasteiger partial charge < -0.3 is 18.9 Å². The van der Waals surface area contributed by atoms with Gasteiger partial charge in [-0.3, -0.25) is 0 Å². The SMILES string of the molecule is CCOC(=O)C(C)(C)OC(=O)/C=C/C(=O)OC(C)(C)C(=O)OCC. The number of hydrogen-bond acceptors (Lipinski definition) is 8. The van der Waals surface area contributed by atoms with Gasteiger partial charge >= 0.3 is 23.9 Å². The lowest BCUT2D eigenvalue weighted by Crippen LogP contribution is -2.39. The molecule has 8 nitrogen and oxygen atoms in total. The molecule has 24 heavy (non-hydrogen) atoms. The predicted molar refractivity (Wildman–Crippen MR) is 82.7 cm³/mol. The predicted octanol–water partition coefficient (Wildman–Crippen LogP) is 1.31. The molecule has 0 fully saturated rings. The summed E-state index contributed by atoms with van der Waals surface area (Å²) >= 11 is 0. The first-order valence-electron chi connectivity index (χ1n) is 7.44. The molecule has 0 radical (unpaired) electrons. The van der Waals surface area contributed by atoms with Crippen LogP contribution in [0.15, 0.2) is 12.2 Å². The van der Waals surface area contributed by atoms with Crippen LogP contribution in [-0.4, -0.2) is 48.3 Å². The molecule has 0 bridgehead atoms. The molecule has 0 rings (SSSR count). The highest BCUT2D eigenvalue weighted by Gasteiger charge is 2.34. The van der Waals surface area contributed by atoms with Gasteiger partial charge in [0.1, 0.15) is 0 Å². The molecule has 0 aromatic rings. The molecule has 0 heterocycles. The molecule has 136 valence electrons. The Kier molecular flexibility index (Phi) is 8.15. The average molecular weight is 344 g/mol. The third kappa shape index (κ3) is 7.26. The van der Waals surface area contributed by atoms with E-state index in [4.69, 9.17) is 18.9 Å². The lowest BCUT2D eigenvalue weighted by Gasteiger charge is -2.22. The molecule has 0 aliphatic carbocycles. The summed E-state index contributed by atoms with van der Waals surface area (Å²) in [5.41, 5.74) is -2.99. The first kappa shape index (κ1) is 21.6. The van der Waals surface area contributed by atoms with Crippen LogP contribution >= 0.6 is 0 Å². The Labute approximate surface area is 141 Å². The highest BCUT2D eigenvalue weighted by atomic mass is 16.6. The normalized spacial score (nSPS) is 11.8. The van der Waals surface area contributed by atoms with Crippen molar-refractivity contribution in [1.29, 1.82) is 0 Å². The van der Waals surface area contributed by atoms with Crippen molar-refractivity contribution >= 4 is 23.9 Å². The molecule has 0 spiro atoms. The van der Waals surface area contributed by atoms with E-state index in [2.05, 4.69) is 0 Å². The molecule has 0 aliphatic rings. The molecular formula is C16H24O8. The second-order valence-corrected chi connectivity index (χ2v) is 5.64. The van der Waals surface area contributed by atoms with E-state index in [1.807, 2.05) is 0 Å². The van der Waals surface area contributed by atoms with Crippen LogP contribution in [0.1, 0.15) is 41.5 Å². The van der Waals surface area contributed by atoms with E-state index in [0.29, 0.717) is 0 Å². The minimum atomic E-state index is -1.49. The maximum atomic E-state index is 11.7. The maximum Gasteiger partial charge on any atom is 0.350 e. The van der Waals surface area contributed by atoms with Crippen molar-refractivity contribution in [1.82, 2.24) is 0 Å². The maximum absolute atomic E-state index is 11.7. The van der Waals surface area contributed by atoms with Gasteiger partial charge in [0.05, 0.1) is 13.2 Å². The fraction of sp³-hybridized carbons (Fsp3) is 0.625. The molecule has 0 aromatic heterocycles. The summed E-state index contributed by atoms with van der Waals surface area (Å²) < 4.78 is 19.4. The van der Waals surface area contributed by atoms with Crippen LogP contribution in [0.3, 0.4) is 0 Å². The molecule has 0 atom stereocenters. The zero-order valence-corrected chi connectivity index (χ0v) is 14.8. The molecule has 0 N–H and O–H groups in total. The van der Waals surface area contributed by atoms with Crippen molar-refractivity contribution in [2.24, 2.45) is 0 Å². The van der Waals surface area contributed by atoms with Crippen LogP contribution in [-0.2, 0) is 38.1 Å². The van der Waals surface area contributed by atoms with Gasteiger partial charge in [-0.1, -0.05) is 0 Å². The first-order valence-corrected chi connectivity index (χ1v) is 7.44. The van der Waals surface area contributed by atoms with Crippen molar-refractivity contribution < 1.29 is 38.1 Å². The Morgan fingerprint density at radius 1 is 0.708 bits per heavy atom. The van der Waals surface area contributed by atoms with Gasteiger partial charge in [0.25, 0.3) is 0 Å². The quantitative estimate of drug-likeness (QED) is 0.369. The Balaban J connectivity index is 4.68. The highest BCUT2D eigenvalue weighted by Crippen LogP contribution is 2.14. The van der Waals surface area contributed by atoms with Crippen LogP contribution in [0, 0.1) is 0 Å². The van der Waals surface area contributed by atoms with Gasteiger partial charge in [-0.15, -0.1) is 0 Å². The van der Waals surface area contributed by atoms with Crippen molar-refractivity contribution in [3.8, 4) is 0 Å². The Hall–Kier alpha value is -2.38. The molecular weight excluding hydrogens is 320 g/mol. The van der Waals surface area contributed by atoms with Crippen LogP contribution in [0.2, 0.25) is 0 Å². The number of hydrogen-bond donors (Lipinski definition) is 0. The smallest absolute Gasteiger partial charge is 0.350 e.